The van der Waals surface area contributed by atoms with Crippen molar-refractivity contribution in [2.45, 2.75) is 44.4 Å². The molecule has 0 bridgehead atoms. The van der Waals surface area contributed by atoms with Crippen LogP contribution in [-0.4, -0.2) is 33.5 Å². The van der Waals surface area contributed by atoms with Crippen LogP contribution in [0.3, 0.4) is 0 Å². The van der Waals surface area contributed by atoms with Gasteiger partial charge in [0.2, 0.25) is 0 Å². The van der Waals surface area contributed by atoms with E-state index in [2.05, 4.69) is 10.5 Å². The van der Waals surface area contributed by atoms with Crippen molar-refractivity contribution in [1.82, 2.24) is 10.5 Å². The van der Waals surface area contributed by atoms with E-state index in [1.165, 1.54) is 6.07 Å². The summed E-state index contributed by atoms with van der Waals surface area (Å²) in [5.74, 6) is -0.627. The number of rotatable bonds is 4. The minimum Gasteiger partial charge on any atom is -0.476 e. The average Bonchev–Trinajstić information content (AvgIpc) is 2.77. The molecule has 6 nitrogen and oxygen atoms in total. The van der Waals surface area contributed by atoms with E-state index in [0.717, 1.165) is 25.7 Å². The van der Waals surface area contributed by atoms with E-state index in [1.54, 1.807) is 0 Å². The summed E-state index contributed by atoms with van der Waals surface area (Å²) in [7, 11) is 0. The highest BCUT2D eigenvalue weighted by Crippen LogP contribution is 2.18. The van der Waals surface area contributed by atoms with Crippen LogP contribution in [-0.2, 0) is 6.54 Å². The molecule has 1 aliphatic carbocycles. The highest BCUT2D eigenvalue weighted by molar-refractivity contribution is 5.85. The van der Waals surface area contributed by atoms with Crippen molar-refractivity contribution in [2.75, 3.05) is 0 Å². The predicted octanol–water partition coefficient (Wildman–Crippen LogP) is 0.766. The molecule has 2 rings (SSSR count). The first-order valence-corrected chi connectivity index (χ1v) is 5.77. The van der Waals surface area contributed by atoms with Crippen LogP contribution in [0.25, 0.3) is 0 Å². The van der Waals surface area contributed by atoms with Crippen LogP contribution in [0.5, 0.6) is 0 Å². The Kier molecular flexibility index (Phi) is 3.75. The van der Waals surface area contributed by atoms with Crippen molar-refractivity contribution in [1.29, 1.82) is 0 Å². The smallest absolute Gasteiger partial charge is 0.358 e. The highest BCUT2D eigenvalue weighted by atomic mass is 16.5. The van der Waals surface area contributed by atoms with Crippen LogP contribution in [0.15, 0.2) is 10.6 Å². The van der Waals surface area contributed by atoms with Gasteiger partial charge in [-0.3, -0.25) is 0 Å². The Hall–Kier alpha value is -1.40. The molecule has 0 radical (unpaired) electrons. The Morgan fingerprint density at radius 3 is 2.94 bits per heavy atom. The molecule has 0 aromatic carbocycles. The zero-order valence-electron chi connectivity index (χ0n) is 9.43. The molecule has 1 aromatic rings. The predicted molar refractivity (Wildman–Crippen MR) is 58.6 cm³/mol. The maximum absolute atomic E-state index is 10.6. The Morgan fingerprint density at radius 1 is 1.53 bits per heavy atom. The number of nitrogens with zero attached hydrogens (tertiary/aromatic N) is 1. The first-order valence-electron chi connectivity index (χ1n) is 5.77. The Bertz CT molecular complexity index is 391. The van der Waals surface area contributed by atoms with Crippen LogP contribution in [0.1, 0.15) is 41.9 Å². The number of carbonyl (C=O) groups is 1. The van der Waals surface area contributed by atoms with Gasteiger partial charge in [0.05, 0.1) is 12.6 Å². The molecular weight excluding hydrogens is 224 g/mol. The highest BCUT2D eigenvalue weighted by Gasteiger charge is 2.22. The fraction of sp³-hybridized carbons (Fsp3) is 0.636. The largest absolute Gasteiger partial charge is 0.476 e. The van der Waals surface area contributed by atoms with Gasteiger partial charge in [0.15, 0.2) is 11.5 Å². The Morgan fingerprint density at radius 2 is 2.29 bits per heavy atom. The summed E-state index contributed by atoms with van der Waals surface area (Å²) in [6.45, 7) is 0.391. The van der Waals surface area contributed by atoms with Gasteiger partial charge in [0, 0.05) is 12.1 Å². The zero-order valence-corrected chi connectivity index (χ0v) is 9.43. The second kappa shape index (κ2) is 5.29. The number of hydrogen-bond acceptors (Lipinski definition) is 5. The maximum Gasteiger partial charge on any atom is 0.358 e. The van der Waals surface area contributed by atoms with E-state index in [-0.39, 0.29) is 17.8 Å². The molecule has 2 unspecified atom stereocenters. The number of aromatic carboxylic acids is 1. The van der Waals surface area contributed by atoms with Crippen molar-refractivity contribution in [3.8, 4) is 0 Å². The van der Waals surface area contributed by atoms with Crippen molar-refractivity contribution < 1.29 is 19.5 Å². The fourth-order valence-electron chi connectivity index (χ4n) is 2.08. The average molecular weight is 240 g/mol. The molecule has 94 valence electrons. The fourth-order valence-corrected chi connectivity index (χ4v) is 2.08. The quantitative estimate of drug-likeness (QED) is 0.719. The first-order chi connectivity index (χ1) is 8.16. The first kappa shape index (κ1) is 12.1. The lowest BCUT2D eigenvalue weighted by Gasteiger charge is -2.28. The number of carboxylic acids is 1. The molecule has 3 N–H and O–H groups in total. The molecule has 1 aromatic heterocycles. The van der Waals surface area contributed by atoms with Crippen molar-refractivity contribution in [3.05, 3.63) is 17.5 Å². The molecule has 0 amide bonds. The van der Waals surface area contributed by atoms with Gasteiger partial charge in [0.1, 0.15) is 0 Å². The van der Waals surface area contributed by atoms with E-state index in [1.807, 2.05) is 0 Å². The number of aromatic nitrogens is 1. The molecule has 6 heteroatoms. The van der Waals surface area contributed by atoms with Crippen molar-refractivity contribution in [2.24, 2.45) is 0 Å². The molecule has 2 atom stereocenters. The summed E-state index contributed by atoms with van der Waals surface area (Å²) in [5.41, 5.74) is -0.0917. The lowest BCUT2D eigenvalue weighted by atomic mass is 9.92. The molecule has 0 aliphatic heterocycles. The minimum atomic E-state index is -1.10. The second-order valence-corrected chi connectivity index (χ2v) is 4.32. The summed E-state index contributed by atoms with van der Waals surface area (Å²) in [6.07, 6.45) is 3.58. The SMILES string of the molecule is O=C(O)c1cc(CNC2CCCCC2O)on1. The molecular formula is C11H16N2O4. The van der Waals surface area contributed by atoms with Gasteiger partial charge in [-0.05, 0) is 12.8 Å². The Balaban J connectivity index is 1.86. The zero-order chi connectivity index (χ0) is 12.3. The van der Waals surface area contributed by atoms with Gasteiger partial charge < -0.3 is 20.1 Å². The Labute approximate surface area is 98.6 Å². The third-order valence-corrected chi connectivity index (χ3v) is 3.05. The molecule has 1 saturated carbocycles. The molecule has 1 fully saturated rings. The minimum absolute atomic E-state index is 0.0575. The summed E-state index contributed by atoms with van der Waals surface area (Å²) in [4.78, 5) is 10.6. The standard InChI is InChI=1S/C11H16N2O4/c14-10-4-2-1-3-8(10)12-6-7-5-9(11(15)16)13-17-7/h5,8,10,12,14H,1-4,6H2,(H,15,16). The maximum atomic E-state index is 10.6. The van der Waals surface area contributed by atoms with Crippen LogP contribution in [0.2, 0.25) is 0 Å². The number of hydrogen-bond donors (Lipinski definition) is 3. The topological polar surface area (TPSA) is 95.6 Å². The van der Waals surface area contributed by atoms with Crippen LogP contribution in [0, 0.1) is 0 Å². The van der Waals surface area contributed by atoms with E-state index in [9.17, 15) is 9.90 Å². The summed E-state index contributed by atoms with van der Waals surface area (Å²) >= 11 is 0. The van der Waals surface area contributed by atoms with Gasteiger partial charge in [-0.2, -0.15) is 0 Å². The second-order valence-electron chi connectivity index (χ2n) is 4.32. The lowest BCUT2D eigenvalue weighted by molar-refractivity contribution is 0.0685. The van der Waals surface area contributed by atoms with E-state index in [4.69, 9.17) is 9.63 Å². The summed E-state index contributed by atoms with van der Waals surface area (Å²) in [6, 6.07) is 1.45. The summed E-state index contributed by atoms with van der Waals surface area (Å²) < 4.78 is 4.88. The van der Waals surface area contributed by atoms with Crippen LogP contribution in [0.4, 0.5) is 0 Å². The van der Waals surface area contributed by atoms with Gasteiger partial charge in [-0.25, -0.2) is 4.79 Å². The monoisotopic (exact) mass is 240 g/mol. The normalized spacial score (nSPS) is 24.8. The van der Waals surface area contributed by atoms with Gasteiger partial charge in [0.25, 0.3) is 0 Å². The summed E-state index contributed by atoms with van der Waals surface area (Å²) in [5, 5.41) is 25.0. The van der Waals surface area contributed by atoms with E-state index >= 15 is 0 Å². The van der Waals surface area contributed by atoms with E-state index in [0.29, 0.717) is 12.3 Å². The third-order valence-electron chi connectivity index (χ3n) is 3.05. The van der Waals surface area contributed by atoms with Crippen LogP contribution >= 0.6 is 0 Å². The molecule has 1 heterocycles. The molecule has 17 heavy (non-hydrogen) atoms. The van der Waals surface area contributed by atoms with Crippen molar-refractivity contribution >= 4 is 5.97 Å². The number of nitrogens with one attached hydrogen (secondary N) is 1. The number of aliphatic hydroxyl groups is 1. The van der Waals surface area contributed by atoms with Gasteiger partial charge in [-0.1, -0.05) is 18.0 Å². The molecule has 0 saturated heterocycles. The van der Waals surface area contributed by atoms with Gasteiger partial charge in [-0.15, -0.1) is 0 Å². The van der Waals surface area contributed by atoms with Crippen molar-refractivity contribution in [3.63, 3.8) is 0 Å². The lowest BCUT2D eigenvalue weighted by Crippen LogP contribution is -2.41. The molecule has 1 aliphatic rings. The molecule has 0 spiro atoms. The van der Waals surface area contributed by atoms with Gasteiger partial charge >= 0.3 is 5.97 Å². The number of carboxylic acid groups (broad SMARTS) is 1. The van der Waals surface area contributed by atoms with Crippen LogP contribution < -0.4 is 5.32 Å². The number of aliphatic hydroxyl groups excluding tert-OH is 1. The van der Waals surface area contributed by atoms with E-state index < -0.39 is 5.97 Å². The third kappa shape index (κ3) is 3.04.